The van der Waals surface area contributed by atoms with Gasteiger partial charge < -0.3 is 9.47 Å². The van der Waals surface area contributed by atoms with Gasteiger partial charge in [-0.05, 0) is 36.3 Å². The smallest absolute Gasteiger partial charge is 0.0788 e. The number of nitrogens with one attached hydrogen (secondary N) is 1. The van der Waals surface area contributed by atoms with Gasteiger partial charge in [-0.25, -0.2) is 0 Å². The number of rotatable bonds is 4. The Hall–Kier alpha value is 0.190. The van der Waals surface area contributed by atoms with Crippen molar-refractivity contribution in [2.24, 2.45) is 17.2 Å². The number of nitrogens with two attached hydrogens (primary N) is 1. The third-order valence-corrected chi connectivity index (χ3v) is 5.96. The highest BCUT2D eigenvalue weighted by atomic mass is 32.2. The summed E-state index contributed by atoms with van der Waals surface area (Å²) in [6.07, 6.45) is 3.46. The summed E-state index contributed by atoms with van der Waals surface area (Å²) in [7, 11) is 1.79. The van der Waals surface area contributed by atoms with Crippen molar-refractivity contribution < 1.29 is 9.47 Å². The highest BCUT2D eigenvalue weighted by Gasteiger charge is 2.45. The summed E-state index contributed by atoms with van der Waals surface area (Å²) >= 11 is 2.01. The van der Waals surface area contributed by atoms with Crippen molar-refractivity contribution in [2.75, 3.05) is 25.2 Å². The molecule has 0 aromatic heterocycles. The Morgan fingerprint density at radius 3 is 2.70 bits per heavy atom. The zero-order valence-corrected chi connectivity index (χ0v) is 14.1. The van der Waals surface area contributed by atoms with Crippen LogP contribution in [0.2, 0.25) is 0 Å². The highest BCUT2D eigenvalue weighted by Crippen LogP contribution is 2.42. The van der Waals surface area contributed by atoms with E-state index >= 15 is 0 Å². The maximum absolute atomic E-state index is 6.12. The molecular weight excluding hydrogens is 272 g/mol. The van der Waals surface area contributed by atoms with Crippen LogP contribution in [0.4, 0.5) is 0 Å². The normalized spacial score (nSPS) is 34.4. The lowest BCUT2D eigenvalue weighted by Gasteiger charge is -2.45. The van der Waals surface area contributed by atoms with Gasteiger partial charge in [0.15, 0.2) is 0 Å². The molecule has 0 amide bonds. The molecule has 1 spiro atoms. The van der Waals surface area contributed by atoms with Crippen molar-refractivity contribution in [1.82, 2.24) is 5.43 Å². The first kappa shape index (κ1) is 16.6. The molecular formula is C15H30N2O2S. The Bertz CT molecular complexity index is 313. The molecule has 118 valence electrons. The van der Waals surface area contributed by atoms with Crippen LogP contribution in [0.15, 0.2) is 0 Å². The lowest BCUT2D eigenvalue weighted by atomic mass is 9.74. The Labute approximate surface area is 127 Å². The van der Waals surface area contributed by atoms with Gasteiger partial charge in [-0.15, -0.1) is 0 Å². The van der Waals surface area contributed by atoms with Crippen LogP contribution < -0.4 is 11.3 Å². The minimum Gasteiger partial charge on any atom is -0.379 e. The Morgan fingerprint density at radius 2 is 2.20 bits per heavy atom. The SMILES string of the molecule is COC(C(NN)C1CCOC2(CCSC2)C1)C(C)(C)C. The van der Waals surface area contributed by atoms with Crippen molar-refractivity contribution in [3.8, 4) is 0 Å². The molecule has 2 heterocycles. The Morgan fingerprint density at radius 1 is 1.45 bits per heavy atom. The lowest BCUT2D eigenvalue weighted by Crippen LogP contribution is -2.57. The molecule has 20 heavy (non-hydrogen) atoms. The fourth-order valence-electron chi connectivity index (χ4n) is 3.74. The minimum absolute atomic E-state index is 0.0711. The van der Waals surface area contributed by atoms with Crippen molar-refractivity contribution in [1.29, 1.82) is 0 Å². The van der Waals surface area contributed by atoms with Crippen molar-refractivity contribution in [2.45, 2.75) is 57.8 Å². The predicted molar refractivity (Wildman–Crippen MR) is 84.7 cm³/mol. The van der Waals surface area contributed by atoms with E-state index in [4.69, 9.17) is 15.3 Å². The fraction of sp³-hybridized carbons (Fsp3) is 1.00. The quantitative estimate of drug-likeness (QED) is 0.616. The van der Waals surface area contributed by atoms with Crippen LogP contribution in [0.1, 0.15) is 40.0 Å². The standard InChI is InChI=1S/C15H30N2O2S/c1-14(2,3)13(18-4)12(17-16)11-5-7-19-15(9-11)6-8-20-10-15/h11-13,17H,5-10,16H2,1-4H3. The highest BCUT2D eigenvalue weighted by molar-refractivity contribution is 7.99. The second-order valence-corrected chi connectivity index (χ2v) is 8.41. The lowest BCUT2D eigenvalue weighted by molar-refractivity contribution is -0.105. The molecule has 4 unspecified atom stereocenters. The van der Waals surface area contributed by atoms with E-state index in [-0.39, 0.29) is 23.2 Å². The summed E-state index contributed by atoms with van der Waals surface area (Å²) in [5, 5.41) is 0. The first-order chi connectivity index (χ1) is 9.42. The van der Waals surface area contributed by atoms with Gasteiger partial charge in [0.1, 0.15) is 0 Å². The van der Waals surface area contributed by atoms with E-state index < -0.39 is 0 Å². The van der Waals surface area contributed by atoms with Crippen molar-refractivity contribution in [3.05, 3.63) is 0 Å². The van der Waals surface area contributed by atoms with Gasteiger partial charge in [0.2, 0.25) is 0 Å². The van der Waals surface area contributed by atoms with Gasteiger partial charge in [-0.3, -0.25) is 11.3 Å². The van der Waals surface area contributed by atoms with Gasteiger partial charge in [-0.2, -0.15) is 11.8 Å². The summed E-state index contributed by atoms with van der Waals surface area (Å²) in [4.78, 5) is 0. The minimum atomic E-state index is 0.0711. The maximum Gasteiger partial charge on any atom is 0.0788 e. The van der Waals surface area contributed by atoms with Gasteiger partial charge in [0.25, 0.3) is 0 Å². The molecule has 2 rings (SSSR count). The molecule has 4 nitrogen and oxygen atoms in total. The summed E-state index contributed by atoms with van der Waals surface area (Å²) in [5.74, 6) is 8.77. The molecule has 3 N–H and O–H groups in total. The largest absolute Gasteiger partial charge is 0.379 e. The first-order valence-electron chi connectivity index (χ1n) is 7.62. The zero-order valence-electron chi connectivity index (χ0n) is 13.3. The van der Waals surface area contributed by atoms with E-state index in [9.17, 15) is 0 Å². The summed E-state index contributed by atoms with van der Waals surface area (Å²) in [6.45, 7) is 7.49. The third-order valence-electron chi connectivity index (χ3n) is 4.73. The van der Waals surface area contributed by atoms with Crippen molar-refractivity contribution in [3.63, 3.8) is 0 Å². The van der Waals surface area contributed by atoms with Crippen LogP contribution in [-0.4, -0.2) is 43.0 Å². The number of ether oxygens (including phenoxy) is 2. The van der Waals surface area contributed by atoms with E-state index in [1.54, 1.807) is 7.11 Å². The van der Waals surface area contributed by atoms with Crippen LogP contribution >= 0.6 is 11.8 Å². The first-order valence-corrected chi connectivity index (χ1v) is 8.78. The fourth-order valence-corrected chi connectivity index (χ4v) is 5.12. The Balaban J connectivity index is 2.10. The van der Waals surface area contributed by atoms with Gasteiger partial charge in [0, 0.05) is 19.5 Å². The topological polar surface area (TPSA) is 56.5 Å². The molecule has 0 radical (unpaired) electrons. The van der Waals surface area contributed by atoms with Crippen LogP contribution in [0, 0.1) is 11.3 Å². The molecule has 2 saturated heterocycles. The zero-order chi connectivity index (χ0) is 14.8. The third kappa shape index (κ3) is 3.50. The molecule has 2 fully saturated rings. The van der Waals surface area contributed by atoms with E-state index in [0.29, 0.717) is 5.92 Å². The molecule has 0 saturated carbocycles. The number of hydrogen-bond acceptors (Lipinski definition) is 5. The Kier molecular flexibility index (Phi) is 5.40. The molecule has 5 heteroatoms. The summed E-state index contributed by atoms with van der Waals surface area (Å²) in [6, 6.07) is 0.186. The molecule has 0 bridgehead atoms. The second-order valence-electron chi connectivity index (χ2n) is 7.30. The second kappa shape index (κ2) is 6.53. The maximum atomic E-state index is 6.12. The number of hydrazine groups is 1. The molecule has 0 aromatic rings. The molecule has 0 aliphatic carbocycles. The summed E-state index contributed by atoms with van der Waals surface area (Å²) in [5.41, 5.74) is 3.22. The van der Waals surface area contributed by atoms with Crippen LogP contribution in [-0.2, 0) is 9.47 Å². The predicted octanol–water partition coefficient (Wildman–Crippen LogP) is 2.18. The van der Waals surface area contributed by atoms with E-state index in [1.165, 1.54) is 12.2 Å². The molecule has 0 aromatic carbocycles. The van der Waals surface area contributed by atoms with Crippen LogP contribution in [0.25, 0.3) is 0 Å². The monoisotopic (exact) mass is 302 g/mol. The van der Waals surface area contributed by atoms with Crippen LogP contribution in [0.5, 0.6) is 0 Å². The van der Waals surface area contributed by atoms with Crippen LogP contribution in [0.3, 0.4) is 0 Å². The van der Waals surface area contributed by atoms with Gasteiger partial charge >= 0.3 is 0 Å². The molecule has 4 atom stereocenters. The number of methoxy groups -OCH3 is 1. The average Bonchev–Trinajstić information content (AvgIpc) is 2.82. The molecule has 2 aliphatic rings. The van der Waals surface area contributed by atoms with Gasteiger partial charge in [0.05, 0.1) is 17.7 Å². The van der Waals surface area contributed by atoms with E-state index in [1.807, 2.05) is 11.8 Å². The number of thioether (sulfide) groups is 1. The van der Waals surface area contributed by atoms with Gasteiger partial charge in [-0.1, -0.05) is 20.8 Å². The van der Waals surface area contributed by atoms with E-state index in [2.05, 4.69) is 26.2 Å². The van der Waals surface area contributed by atoms with E-state index in [0.717, 1.165) is 25.2 Å². The average molecular weight is 302 g/mol. The van der Waals surface area contributed by atoms with Crippen molar-refractivity contribution >= 4 is 11.8 Å². The summed E-state index contributed by atoms with van der Waals surface area (Å²) < 4.78 is 11.9. The number of hydrogen-bond donors (Lipinski definition) is 2. The molecule has 2 aliphatic heterocycles.